The molecule has 13 heteroatoms. The molecule has 39 heavy (non-hydrogen) atoms. The second-order valence-electron chi connectivity index (χ2n) is 10.3. The van der Waals surface area contributed by atoms with Gasteiger partial charge in [-0.3, -0.25) is 19.7 Å². The van der Waals surface area contributed by atoms with E-state index in [2.05, 4.69) is 5.10 Å². The number of nitro groups is 1. The lowest BCUT2D eigenvalue weighted by atomic mass is 10.0. The SMILES string of the molecule is CCS(=O)(=O)n1ncc2cc([N+](=O)[O-])c(-c3cn(C)c(=O)c4c3ccn4CCCCC(=O)OC(C)(C)C)cc21. The highest BCUT2D eigenvalue weighted by Gasteiger charge is 2.25. The van der Waals surface area contributed by atoms with Crippen molar-refractivity contribution in [3.8, 4) is 11.1 Å². The van der Waals surface area contributed by atoms with E-state index in [4.69, 9.17) is 4.74 Å². The molecule has 0 bridgehead atoms. The quantitative estimate of drug-likeness (QED) is 0.130. The van der Waals surface area contributed by atoms with Crippen molar-refractivity contribution in [1.82, 2.24) is 18.3 Å². The number of carbonyl (C=O) groups is 1. The minimum absolute atomic E-state index is 0.170. The van der Waals surface area contributed by atoms with Gasteiger partial charge in [-0.1, -0.05) is 0 Å². The number of nitrogens with zero attached hydrogens (tertiary/aromatic N) is 5. The number of pyridine rings is 1. The van der Waals surface area contributed by atoms with Gasteiger partial charge in [-0.25, -0.2) is 8.42 Å². The lowest BCUT2D eigenvalue weighted by Gasteiger charge is -2.19. The van der Waals surface area contributed by atoms with Crippen molar-refractivity contribution in [2.75, 3.05) is 5.75 Å². The Balaban J connectivity index is 1.77. The molecule has 0 saturated heterocycles. The first kappa shape index (κ1) is 28.0. The van der Waals surface area contributed by atoms with Crippen molar-refractivity contribution < 1.29 is 22.9 Å². The van der Waals surface area contributed by atoms with E-state index in [0.717, 1.165) is 4.09 Å². The standard InChI is InChI=1S/C26H31N5O7S/c1-6-39(36,37)30-21-14-19(22(31(34)35)13-17(21)15-27-30)20-16-28(5)25(33)24-18(20)10-12-29(24)11-8-7-9-23(32)38-26(2,3)4/h10,12-16H,6-9,11H2,1-5H3. The van der Waals surface area contributed by atoms with Crippen molar-refractivity contribution in [1.29, 1.82) is 0 Å². The van der Waals surface area contributed by atoms with Crippen LogP contribution in [-0.4, -0.2) is 49.0 Å². The molecule has 4 rings (SSSR count). The van der Waals surface area contributed by atoms with Gasteiger partial charge in [0.25, 0.3) is 21.3 Å². The van der Waals surface area contributed by atoms with Gasteiger partial charge < -0.3 is 13.9 Å². The van der Waals surface area contributed by atoms with E-state index in [0.29, 0.717) is 41.2 Å². The zero-order valence-corrected chi connectivity index (χ0v) is 23.3. The Bertz CT molecular complexity index is 1760. The van der Waals surface area contributed by atoms with Crippen LogP contribution in [0.15, 0.2) is 41.6 Å². The molecule has 0 aliphatic heterocycles. The lowest BCUT2D eigenvalue weighted by molar-refractivity contribution is -0.384. The van der Waals surface area contributed by atoms with Gasteiger partial charge in [0, 0.05) is 54.8 Å². The summed E-state index contributed by atoms with van der Waals surface area (Å²) in [6, 6.07) is 4.45. The largest absolute Gasteiger partial charge is 0.460 e. The predicted octanol–water partition coefficient (Wildman–Crippen LogP) is 3.97. The number of hydrogen-bond donors (Lipinski definition) is 0. The van der Waals surface area contributed by atoms with Crippen LogP contribution in [0.1, 0.15) is 47.0 Å². The molecule has 0 radical (unpaired) electrons. The second kappa shape index (κ2) is 10.3. The fourth-order valence-electron chi connectivity index (χ4n) is 4.51. The summed E-state index contributed by atoms with van der Waals surface area (Å²) in [5.41, 5.74) is 0.0747. The van der Waals surface area contributed by atoms with Gasteiger partial charge in [0.05, 0.1) is 28.0 Å². The first-order chi connectivity index (χ1) is 18.2. The molecule has 0 spiro atoms. The van der Waals surface area contributed by atoms with Gasteiger partial charge in [-0.2, -0.15) is 9.19 Å². The van der Waals surface area contributed by atoms with Crippen LogP contribution >= 0.6 is 0 Å². The summed E-state index contributed by atoms with van der Waals surface area (Å²) in [7, 11) is -2.20. The molecule has 0 fully saturated rings. The Kier molecular flexibility index (Phi) is 7.39. The summed E-state index contributed by atoms with van der Waals surface area (Å²) < 4.78 is 34.5. The topological polar surface area (TPSA) is 148 Å². The Morgan fingerprint density at radius 1 is 1.18 bits per heavy atom. The van der Waals surface area contributed by atoms with Crippen molar-refractivity contribution in [3.63, 3.8) is 0 Å². The van der Waals surface area contributed by atoms with Crippen LogP contribution in [0.2, 0.25) is 0 Å². The molecule has 0 aliphatic rings. The lowest BCUT2D eigenvalue weighted by Crippen LogP contribution is -2.23. The molecule has 0 aliphatic carbocycles. The van der Waals surface area contributed by atoms with Gasteiger partial charge in [0.2, 0.25) is 0 Å². The van der Waals surface area contributed by atoms with Gasteiger partial charge in [0.1, 0.15) is 11.1 Å². The van der Waals surface area contributed by atoms with E-state index in [-0.39, 0.29) is 40.5 Å². The highest BCUT2D eigenvalue weighted by molar-refractivity contribution is 7.89. The molecule has 0 atom stereocenters. The van der Waals surface area contributed by atoms with Gasteiger partial charge in [-0.15, -0.1) is 0 Å². The van der Waals surface area contributed by atoms with E-state index in [1.165, 1.54) is 36.0 Å². The maximum Gasteiger partial charge on any atom is 0.306 e. The number of nitro benzene ring substituents is 1. The minimum Gasteiger partial charge on any atom is -0.460 e. The number of unbranched alkanes of at least 4 members (excludes halogenated alkanes) is 1. The van der Waals surface area contributed by atoms with E-state index >= 15 is 0 Å². The van der Waals surface area contributed by atoms with Crippen LogP contribution in [0, 0.1) is 10.1 Å². The highest BCUT2D eigenvalue weighted by Crippen LogP contribution is 2.37. The van der Waals surface area contributed by atoms with E-state index in [9.17, 15) is 28.1 Å². The zero-order valence-electron chi connectivity index (χ0n) is 22.5. The maximum atomic E-state index is 13.1. The number of hydrogen-bond acceptors (Lipinski definition) is 8. The smallest absolute Gasteiger partial charge is 0.306 e. The molecule has 1 aromatic carbocycles. The molecule has 12 nitrogen and oxygen atoms in total. The third-order valence-corrected chi connectivity index (χ3v) is 7.86. The Labute approximate surface area is 225 Å². The normalized spacial score (nSPS) is 12.3. The van der Waals surface area contributed by atoms with Crippen molar-refractivity contribution in [2.24, 2.45) is 7.05 Å². The summed E-state index contributed by atoms with van der Waals surface area (Å²) in [6.07, 6.45) is 5.95. The van der Waals surface area contributed by atoms with Crippen molar-refractivity contribution in [3.05, 3.63) is 57.3 Å². The summed E-state index contributed by atoms with van der Waals surface area (Å²) in [4.78, 5) is 36.7. The molecule has 3 heterocycles. The van der Waals surface area contributed by atoms with Gasteiger partial charge in [0.15, 0.2) is 0 Å². The monoisotopic (exact) mass is 557 g/mol. The number of ether oxygens (including phenoxy) is 1. The van der Waals surface area contributed by atoms with Gasteiger partial charge in [-0.05, 0) is 52.7 Å². The molecular formula is C26H31N5O7S. The zero-order chi connectivity index (χ0) is 28.7. The molecule has 0 saturated carbocycles. The van der Waals surface area contributed by atoms with E-state index in [1.807, 2.05) is 20.8 Å². The number of benzene rings is 1. The fourth-order valence-corrected chi connectivity index (χ4v) is 5.40. The van der Waals surface area contributed by atoms with E-state index < -0.39 is 20.5 Å². The molecule has 0 amide bonds. The molecule has 208 valence electrons. The molecular weight excluding hydrogens is 526 g/mol. The predicted molar refractivity (Wildman–Crippen MR) is 147 cm³/mol. The average Bonchev–Trinajstić information content (AvgIpc) is 3.47. The van der Waals surface area contributed by atoms with Crippen LogP contribution < -0.4 is 5.56 Å². The summed E-state index contributed by atoms with van der Waals surface area (Å²) >= 11 is 0. The third-order valence-electron chi connectivity index (χ3n) is 6.32. The number of carbonyl (C=O) groups excluding carboxylic acids is 1. The first-order valence-corrected chi connectivity index (χ1v) is 14.1. The van der Waals surface area contributed by atoms with Crippen molar-refractivity contribution >= 4 is 43.5 Å². The molecule has 3 aromatic heterocycles. The molecule has 0 N–H and O–H groups in total. The summed E-state index contributed by atoms with van der Waals surface area (Å²) in [6.45, 7) is 7.37. The van der Waals surface area contributed by atoms with Crippen LogP contribution in [-0.2, 0) is 33.1 Å². The Morgan fingerprint density at radius 2 is 1.90 bits per heavy atom. The van der Waals surface area contributed by atoms with Crippen LogP contribution in [0.3, 0.4) is 0 Å². The third kappa shape index (κ3) is 5.58. The average molecular weight is 558 g/mol. The van der Waals surface area contributed by atoms with Gasteiger partial charge >= 0.3 is 5.97 Å². The highest BCUT2D eigenvalue weighted by atomic mass is 32.2. The van der Waals surface area contributed by atoms with Crippen LogP contribution in [0.25, 0.3) is 32.9 Å². The minimum atomic E-state index is -3.75. The number of esters is 1. The molecule has 0 unspecified atom stereocenters. The first-order valence-electron chi connectivity index (χ1n) is 12.5. The van der Waals surface area contributed by atoms with Crippen LogP contribution in [0.5, 0.6) is 0 Å². The second-order valence-corrected chi connectivity index (χ2v) is 12.4. The Morgan fingerprint density at radius 3 is 2.54 bits per heavy atom. The number of aryl methyl sites for hydroxylation is 2. The summed E-state index contributed by atoms with van der Waals surface area (Å²) in [5, 5.41) is 16.8. The Hall–Kier alpha value is -4.00. The van der Waals surface area contributed by atoms with Crippen LogP contribution in [0.4, 0.5) is 5.69 Å². The number of fused-ring (bicyclic) bond motifs is 2. The summed E-state index contributed by atoms with van der Waals surface area (Å²) in [5.74, 6) is -0.484. The van der Waals surface area contributed by atoms with E-state index in [1.54, 1.807) is 23.9 Å². The number of rotatable bonds is 9. The molecule has 4 aromatic rings. The maximum absolute atomic E-state index is 13.1. The van der Waals surface area contributed by atoms with Crippen molar-refractivity contribution in [2.45, 2.75) is 59.1 Å². The fraction of sp³-hybridized carbons (Fsp3) is 0.423. The number of aromatic nitrogens is 4.